The number of hydrogen-bond acceptors (Lipinski definition) is 3. The van der Waals surface area contributed by atoms with Gasteiger partial charge in [-0.15, -0.1) is 0 Å². The third-order valence-electron chi connectivity index (χ3n) is 3.07. The summed E-state index contributed by atoms with van der Waals surface area (Å²) in [7, 11) is 1.38. The molecule has 0 saturated carbocycles. The molecule has 0 aliphatic heterocycles. The number of amides is 1. The summed E-state index contributed by atoms with van der Waals surface area (Å²) < 4.78 is 18.1. The number of anilines is 1. The number of carbonyl (C=O) groups is 1. The van der Waals surface area contributed by atoms with Crippen LogP contribution >= 0.6 is 11.6 Å². The molecule has 4 nitrogen and oxygen atoms in total. The van der Waals surface area contributed by atoms with E-state index in [4.69, 9.17) is 16.3 Å². The smallest absolute Gasteiger partial charge is 0.227 e. The maximum atomic E-state index is 13.1. The molecule has 2 N–H and O–H groups in total. The molecule has 22 heavy (non-hydrogen) atoms. The van der Waals surface area contributed by atoms with E-state index >= 15 is 0 Å². The summed E-state index contributed by atoms with van der Waals surface area (Å²) in [5.41, 5.74) is 0.933. The normalized spacial score (nSPS) is 11.8. The Kier molecular flexibility index (Phi) is 5.35. The minimum absolute atomic E-state index is 0.137. The van der Waals surface area contributed by atoms with Crippen LogP contribution in [-0.4, -0.2) is 18.1 Å². The van der Waals surface area contributed by atoms with Crippen molar-refractivity contribution in [1.29, 1.82) is 0 Å². The van der Waals surface area contributed by atoms with E-state index in [-0.39, 0.29) is 12.2 Å². The quantitative estimate of drug-likeness (QED) is 0.884. The number of methoxy groups -OCH3 is 1. The summed E-state index contributed by atoms with van der Waals surface area (Å²) in [6, 6.07) is 10.4. The molecule has 1 amide bonds. The molecular weight excluding hydrogens is 309 g/mol. The molecule has 1 atom stereocenters. The van der Waals surface area contributed by atoms with Crippen LogP contribution in [0.5, 0.6) is 5.75 Å². The number of benzene rings is 2. The van der Waals surface area contributed by atoms with Crippen LogP contribution < -0.4 is 10.1 Å². The zero-order valence-corrected chi connectivity index (χ0v) is 12.6. The van der Waals surface area contributed by atoms with E-state index in [1.54, 1.807) is 24.3 Å². The largest absolute Gasteiger partial charge is 0.494 e. The number of hydrogen-bond donors (Lipinski definition) is 2. The van der Waals surface area contributed by atoms with E-state index in [0.717, 1.165) is 0 Å². The third-order valence-corrected chi connectivity index (χ3v) is 3.32. The lowest BCUT2D eigenvalue weighted by Crippen LogP contribution is -2.16. The zero-order valence-electron chi connectivity index (χ0n) is 11.8. The van der Waals surface area contributed by atoms with Crippen molar-refractivity contribution >= 4 is 23.2 Å². The van der Waals surface area contributed by atoms with Gasteiger partial charge in [-0.3, -0.25) is 4.79 Å². The van der Waals surface area contributed by atoms with Gasteiger partial charge in [-0.25, -0.2) is 4.39 Å². The number of aliphatic hydroxyl groups excluding tert-OH is 1. The van der Waals surface area contributed by atoms with Crippen LogP contribution in [0.25, 0.3) is 0 Å². The Balaban J connectivity index is 2.02. The van der Waals surface area contributed by atoms with Gasteiger partial charge in [-0.1, -0.05) is 23.7 Å². The molecular formula is C16H15ClFNO3. The van der Waals surface area contributed by atoms with Crippen LogP contribution in [0, 0.1) is 5.82 Å². The van der Waals surface area contributed by atoms with Crippen molar-refractivity contribution in [3.05, 3.63) is 58.9 Å². The molecule has 0 saturated heterocycles. The monoisotopic (exact) mass is 323 g/mol. The molecule has 0 fully saturated rings. The first-order valence-corrected chi connectivity index (χ1v) is 6.94. The Hall–Kier alpha value is -2.11. The van der Waals surface area contributed by atoms with Crippen LogP contribution in [-0.2, 0) is 4.79 Å². The van der Waals surface area contributed by atoms with Gasteiger partial charge >= 0.3 is 0 Å². The van der Waals surface area contributed by atoms with Gasteiger partial charge in [0, 0.05) is 11.1 Å². The topological polar surface area (TPSA) is 58.6 Å². The molecule has 0 heterocycles. The van der Waals surface area contributed by atoms with E-state index in [1.165, 1.54) is 25.3 Å². The molecule has 0 aliphatic rings. The fourth-order valence-corrected chi connectivity index (χ4v) is 2.07. The van der Waals surface area contributed by atoms with Gasteiger partial charge in [-0.05, 0) is 29.8 Å². The van der Waals surface area contributed by atoms with Crippen molar-refractivity contribution in [3.8, 4) is 5.75 Å². The van der Waals surface area contributed by atoms with Crippen molar-refractivity contribution < 1.29 is 19.0 Å². The zero-order chi connectivity index (χ0) is 16.1. The average molecular weight is 324 g/mol. The fraction of sp³-hybridized carbons (Fsp3) is 0.188. The highest BCUT2D eigenvalue weighted by atomic mass is 35.5. The highest BCUT2D eigenvalue weighted by Gasteiger charge is 2.15. The van der Waals surface area contributed by atoms with Crippen LogP contribution in [0.15, 0.2) is 42.5 Å². The standard InChI is InChI=1S/C16H15ClFNO3/c1-22-15-8-12(18)6-7-13(15)19-16(21)9-14(20)10-2-4-11(17)5-3-10/h2-8,14,20H,9H2,1H3,(H,19,21). The molecule has 0 aliphatic carbocycles. The highest BCUT2D eigenvalue weighted by Crippen LogP contribution is 2.26. The highest BCUT2D eigenvalue weighted by molar-refractivity contribution is 6.30. The maximum absolute atomic E-state index is 13.1. The fourth-order valence-electron chi connectivity index (χ4n) is 1.95. The minimum Gasteiger partial charge on any atom is -0.494 e. The van der Waals surface area contributed by atoms with Gasteiger partial charge in [0.15, 0.2) is 0 Å². The van der Waals surface area contributed by atoms with E-state index < -0.39 is 17.8 Å². The number of nitrogens with one attached hydrogen (secondary N) is 1. The van der Waals surface area contributed by atoms with Gasteiger partial charge in [0.25, 0.3) is 0 Å². The Bertz CT molecular complexity index is 661. The molecule has 116 valence electrons. The Morgan fingerprint density at radius 1 is 1.32 bits per heavy atom. The van der Waals surface area contributed by atoms with Gasteiger partial charge in [-0.2, -0.15) is 0 Å². The lowest BCUT2D eigenvalue weighted by atomic mass is 10.1. The van der Waals surface area contributed by atoms with Gasteiger partial charge < -0.3 is 15.2 Å². The number of aliphatic hydroxyl groups is 1. The van der Waals surface area contributed by atoms with E-state index in [2.05, 4.69) is 5.32 Å². The first-order valence-electron chi connectivity index (χ1n) is 6.56. The summed E-state index contributed by atoms with van der Waals surface area (Å²) in [5, 5.41) is 13.2. The molecule has 2 aromatic rings. The molecule has 2 aromatic carbocycles. The summed E-state index contributed by atoms with van der Waals surface area (Å²) in [6.45, 7) is 0. The van der Waals surface area contributed by atoms with Crippen molar-refractivity contribution in [2.24, 2.45) is 0 Å². The SMILES string of the molecule is COc1cc(F)ccc1NC(=O)CC(O)c1ccc(Cl)cc1. The summed E-state index contributed by atoms with van der Waals surface area (Å²) in [4.78, 5) is 12.0. The molecule has 2 rings (SSSR count). The van der Waals surface area contributed by atoms with Crippen molar-refractivity contribution in [2.75, 3.05) is 12.4 Å². The molecule has 0 spiro atoms. The van der Waals surface area contributed by atoms with Crippen LogP contribution in [0.1, 0.15) is 18.1 Å². The Labute approximate surface area is 132 Å². The van der Waals surface area contributed by atoms with Gasteiger partial charge in [0.05, 0.1) is 25.3 Å². The summed E-state index contributed by atoms with van der Waals surface area (Å²) in [5.74, 6) is -0.655. The van der Waals surface area contributed by atoms with E-state index in [1.807, 2.05) is 0 Å². The molecule has 1 unspecified atom stereocenters. The lowest BCUT2D eigenvalue weighted by Gasteiger charge is -2.13. The van der Waals surface area contributed by atoms with Crippen molar-refractivity contribution in [3.63, 3.8) is 0 Å². The first kappa shape index (κ1) is 16.3. The van der Waals surface area contributed by atoms with E-state index in [0.29, 0.717) is 16.3 Å². The Morgan fingerprint density at radius 3 is 2.64 bits per heavy atom. The minimum atomic E-state index is -0.955. The second-order valence-electron chi connectivity index (χ2n) is 4.66. The van der Waals surface area contributed by atoms with Crippen molar-refractivity contribution in [2.45, 2.75) is 12.5 Å². The third kappa shape index (κ3) is 4.19. The first-order chi connectivity index (χ1) is 10.5. The second-order valence-corrected chi connectivity index (χ2v) is 5.10. The lowest BCUT2D eigenvalue weighted by molar-refractivity contribution is -0.118. The molecule has 0 bridgehead atoms. The van der Waals surface area contributed by atoms with Crippen LogP contribution in [0.3, 0.4) is 0 Å². The van der Waals surface area contributed by atoms with E-state index in [9.17, 15) is 14.3 Å². The molecule has 6 heteroatoms. The molecule has 0 aromatic heterocycles. The number of halogens is 2. The molecule has 0 radical (unpaired) electrons. The second kappa shape index (κ2) is 7.24. The predicted octanol–water partition coefficient (Wildman–Crippen LogP) is 3.55. The number of ether oxygens (including phenoxy) is 1. The average Bonchev–Trinajstić information content (AvgIpc) is 2.49. The summed E-state index contributed by atoms with van der Waals surface area (Å²) in [6.07, 6.45) is -1.09. The van der Waals surface area contributed by atoms with Crippen LogP contribution in [0.4, 0.5) is 10.1 Å². The number of carbonyl (C=O) groups excluding carboxylic acids is 1. The number of rotatable bonds is 5. The van der Waals surface area contributed by atoms with Gasteiger partial charge in [0.2, 0.25) is 5.91 Å². The predicted molar refractivity (Wildman–Crippen MR) is 82.6 cm³/mol. The van der Waals surface area contributed by atoms with Gasteiger partial charge in [0.1, 0.15) is 11.6 Å². The van der Waals surface area contributed by atoms with Crippen molar-refractivity contribution in [1.82, 2.24) is 0 Å². The summed E-state index contributed by atoms with van der Waals surface area (Å²) >= 11 is 5.77. The van der Waals surface area contributed by atoms with Crippen LogP contribution in [0.2, 0.25) is 5.02 Å². The Morgan fingerprint density at radius 2 is 2.00 bits per heavy atom. The maximum Gasteiger partial charge on any atom is 0.227 e.